The van der Waals surface area contributed by atoms with Crippen LogP contribution in [-0.2, 0) is 0 Å². The number of non-ortho nitro benzene ring substituents is 2. The molecule has 0 fully saturated rings. The highest BCUT2D eigenvalue weighted by Crippen LogP contribution is 2.19. The summed E-state index contributed by atoms with van der Waals surface area (Å²) in [7, 11) is -2.00. The van der Waals surface area contributed by atoms with Gasteiger partial charge in [0.2, 0.25) is 0 Å². The minimum absolute atomic E-state index is 0.0109. The number of carbonyl (C=O) groups excluding carboxylic acids is 1. The molecule has 122 valence electrons. The summed E-state index contributed by atoms with van der Waals surface area (Å²) in [6.45, 7) is 0. The number of nitrogens with zero attached hydrogens (tertiary/aromatic N) is 2. The fraction of sp³-hybridized carbons (Fsp3) is 0. The summed E-state index contributed by atoms with van der Waals surface area (Å²) in [6.07, 6.45) is 0. The zero-order chi connectivity index (χ0) is 17.9. The highest BCUT2D eigenvalue weighted by atomic mass is 16.6. The van der Waals surface area contributed by atoms with Crippen molar-refractivity contribution in [1.82, 2.24) is 0 Å². The maximum absolute atomic E-state index is 12.0. The van der Waals surface area contributed by atoms with Crippen LogP contribution in [0.4, 0.5) is 11.4 Å². The first-order chi connectivity index (χ1) is 11.3. The van der Waals surface area contributed by atoms with E-state index in [2.05, 4.69) is 0 Å². The Hall–Kier alpha value is -3.31. The second kappa shape index (κ2) is 6.85. The van der Waals surface area contributed by atoms with E-state index < -0.39 is 28.6 Å². The predicted octanol–water partition coefficient (Wildman–Crippen LogP) is 0.402. The van der Waals surface area contributed by atoms with Crippen LogP contribution in [0.3, 0.4) is 0 Å². The molecule has 0 saturated heterocycles. The van der Waals surface area contributed by atoms with Crippen molar-refractivity contribution in [1.29, 1.82) is 0 Å². The van der Waals surface area contributed by atoms with E-state index in [9.17, 15) is 25.0 Å². The molecule has 0 aliphatic rings. The summed E-state index contributed by atoms with van der Waals surface area (Å²) in [5.41, 5.74) is -1.24. The average molecular weight is 332 g/mol. The minimum Gasteiger partial charge on any atom is -0.423 e. The van der Waals surface area contributed by atoms with Crippen LogP contribution >= 0.6 is 0 Å². The van der Waals surface area contributed by atoms with E-state index in [0.29, 0.717) is 0 Å². The van der Waals surface area contributed by atoms with Crippen molar-refractivity contribution < 1.29 is 29.4 Å². The molecule has 11 heteroatoms. The Kier molecular flexibility index (Phi) is 4.87. The molecule has 0 aromatic heterocycles. The minimum atomic E-state index is -2.00. The summed E-state index contributed by atoms with van der Waals surface area (Å²) >= 11 is 0. The maximum Gasteiger partial charge on any atom is 0.488 e. The van der Waals surface area contributed by atoms with Crippen LogP contribution in [-0.4, -0.2) is 33.0 Å². The predicted molar refractivity (Wildman–Crippen MR) is 81.0 cm³/mol. The van der Waals surface area contributed by atoms with Gasteiger partial charge in [0.1, 0.15) is 5.75 Å². The molecule has 0 aliphatic heterocycles. The fourth-order valence-electron chi connectivity index (χ4n) is 1.81. The first kappa shape index (κ1) is 17.1. The highest BCUT2D eigenvalue weighted by molar-refractivity contribution is 6.58. The molecule has 10 nitrogen and oxygen atoms in total. The van der Waals surface area contributed by atoms with Gasteiger partial charge in [0.05, 0.1) is 15.4 Å². The number of carbonyl (C=O) groups is 1. The number of ether oxygens (including phenoxy) is 1. The monoisotopic (exact) mass is 332 g/mol. The van der Waals surface area contributed by atoms with Crippen LogP contribution in [0.2, 0.25) is 0 Å². The lowest BCUT2D eigenvalue weighted by molar-refractivity contribution is -0.385. The van der Waals surface area contributed by atoms with E-state index in [1.165, 1.54) is 12.1 Å². The first-order valence-corrected chi connectivity index (χ1v) is 6.40. The molecular formula is C13H9BN2O8. The second-order valence-corrected chi connectivity index (χ2v) is 4.58. The Labute approximate surface area is 134 Å². The van der Waals surface area contributed by atoms with Gasteiger partial charge in [0.25, 0.3) is 11.4 Å². The normalized spacial score (nSPS) is 10.1. The van der Waals surface area contributed by atoms with Gasteiger partial charge in [-0.1, -0.05) is 0 Å². The smallest absolute Gasteiger partial charge is 0.423 e. The third-order valence-corrected chi connectivity index (χ3v) is 2.94. The molecule has 0 aliphatic carbocycles. The van der Waals surface area contributed by atoms with E-state index in [0.717, 1.165) is 30.3 Å². The van der Waals surface area contributed by atoms with Gasteiger partial charge < -0.3 is 14.8 Å². The maximum atomic E-state index is 12.0. The van der Waals surface area contributed by atoms with E-state index in [-0.39, 0.29) is 22.5 Å². The third-order valence-electron chi connectivity index (χ3n) is 2.94. The number of benzene rings is 2. The van der Waals surface area contributed by atoms with Crippen LogP contribution < -0.4 is 10.2 Å². The Morgan fingerprint density at radius 2 is 1.54 bits per heavy atom. The topological polar surface area (TPSA) is 153 Å². The molecular weight excluding hydrogens is 323 g/mol. The van der Waals surface area contributed by atoms with Crippen LogP contribution in [0.15, 0.2) is 42.5 Å². The molecule has 0 saturated carbocycles. The molecule has 0 atom stereocenters. The second-order valence-electron chi connectivity index (χ2n) is 4.58. The molecule has 0 radical (unpaired) electrons. The Morgan fingerprint density at radius 3 is 2.04 bits per heavy atom. The Bertz CT molecular complexity index is 806. The molecule has 0 heterocycles. The van der Waals surface area contributed by atoms with Crippen molar-refractivity contribution >= 4 is 29.9 Å². The summed E-state index contributed by atoms with van der Waals surface area (Å²) in [5.74, 6) is -1.00. The van der Waals surface area contributed by atoms with Crippen LogP contribution in [0, 0.1) is 20.2 Å². The standard InChI is InChI=1S/C13H9BN2O8/c17-13(24-12-3-1-10(2-4-12)15(20)21)8-5-9(14(18)19)7-11(6-8)16(22)23/h1-7,18-19H. The van der Waals surface area contributed by atoms with E-state index in [4.69, 9.17) is 14.8 Å². The van der Waals surface area contributed by atoms with Crippen molar-refractivity contribution in [3.63, 3.8) is 0 Å². The molecule has 2 aromatic rings. The number of hydrogen-bond acceptors (Lipinski definition) is 8. The van der Waals surface area contributed by atoms with Gasteiger partial charge in [-0.2, -0.15) is 0 Å². The van der Waals surface area contributed by atoms with Gasteiger partial charge in [-0.3, -0.25) is 20.2 Å². The highest BCUT2D eigenvalue weighted by Gasteiger charge is 2.21. The van der Waals surface area contributed by atoms with Gasteiger partial charge in [0, 0.05) is 24.3 Å². The first-order valence-electron chi connectivity index (χ1n) is 6.40. The van der Waals surface area contributed by atoms with Crippen LogP contribution in [0.5, 0.6) is 5.75 Å². The van der Waals surface area contributed by atoms with Crippen molar-refractivity contribution in [3.8, 4) is 5.75 Å². The van der Waals surface area contributed by atoms with E-state index in [1.807, 2.05) is 0 Å². The molecule has 0 bridgehead atoms. The zero-order valence-electron chi connectivity index (χ0n) is 11.9. The number of nitro groups is 2. The van der Waals surface area contributed by atoms with E-state index >= 15 is 0 Å². The number of nitro benzene ring substituents is 2. The largest absolute Gasteiger partial charge is 0.488 e. The molecule has 2 aromatic carbocycles. The lowest BCUT2D eigenvalue weighted by atomic mass is 9.79. The molecule has 2 N–H and O–H groups in total. The summed E-state index contributed by atoms with van der Waals surface area (Å²) < 4.78 is 4.96. The van der Waals surface area contributed by atoms with Crippen LogP contribution in [0.1, 0.15) is 10.4 Å². The third kappa shape index (κ3) is 3.91. The fourth-order valence-corrected chi connectivity index (χ4v) is 1.81. The van der Waals surface area contributed by atoms with Crippen molar-refractivity contribution in [2.24, 2.45) is 0 Å². The molecule has 24 heavy (non-hydrogen) atoms. The number of esters is 1. The van der Waals surface area contributed by atoms with Crippen molar-refractivity contribution in [2.45, 2.75) is 0 Å². The van der Waals surface area contributed by atoms with Gasteiger partial charge in [-0.05, 0) is 23.7 Å². The summed E-state index contributed by atoms with van der Waals surface area (Å²) in [6, 6.07) is 7.49. The SMILES string of the molecule is O=C(Oc1ccc([N+](=O)[O-])cc1)c1cc(B(O)O)cc([N+](=O)[O-])c1. The quantitative estimate of drug-likeness (QED) is 0.262. The van der Waals surface area contributed by atoms with Gasteiger partial charge in [0.15, 0.2) is 0 Å². The van der Waals surface area contributed by atoms with E-state index in [1.54, 1.807) is 0 Å². The summed E-state index contributed by atoms with van der Waals surface area (Å²) in [5, 5.41) is 39.6. The molecule has 0 amide bonds. The lowest BCUT2D eigenvalue weighted by Crippen LogP contribution is -2.31. The van der Waals surface area contributed by atoms with Crippen molar-refractivity contribution in [3.05, 3.63) is 68.3 Å². The zero-order valence-corrected chi connectivity index (χ0v) is 11.9. The van der Waals surface area contributed by atoms with Gasteiger partial charge in [-0.25, -0.2) is 4.79 Å². The van der Waals surface area contributed by atoms with Crippen LogP contribution in [0.25, 0.3) is 0 Å². The lowest BCUT2D eigenvalue weighted by Gasteiger charge is -2.06. The Balaban J connectivity index is 2.28. The van der Waals surface area contributed by atoms with Gasteiger partial charge in [-0.15, -0.1) is 0 Å². The number of rotatable bonds is 5. The molecule has 0 spiro atoms. The number of hydrogen-bond donors (Lipinski definition) is 2. The molecule has 0 unspecified atom stereocenters. The average Bonchev–Trinajstić information content (AvgIpc) is 2.54. The van der Waals surface area contributed by atoms with Crippen molar-refractivity contribution in [2.75, 3.05) is 0 Å². The Morgan fingerprint density at radius 1 is 0.958 bits per heavy atom. The van der Waals surface area contributed by atoms with Gasteiger partial charge >= 0.3 is 13.1 Å². The summed E-state index contributed by atoms with van der Waals surface area (Å²) in [4.78, 5) is 32.0. The molecule has 2 rings (SSSR count).